The summed E-state index contributed by atoms with van der Waals surface area (Å²) in [5, 5.41) is 3.37. The van der Waals surface area contributed by atoms with Gasteiger partial charge in [-0.1, -0.05) is 24.3 Å². The maximum atomic E-state index is 13.7. The van der Waals surface area contributed by atoms with Gasteiger partial charge in [0.1, 0.15) is 5.82 Å². The standard InChI is InChI=1S/C16H15F2NO/c17-12-6-4-11(5-7-12)10-19-15-8-9-20-16-13(15)2-1-3-14(16)18/h1-7,15,19H,8-10H2. The van der Waals surface area contributed by atoms with Gasteiger partial charge in [-0.25, -0.2) is 8.78 Å². The molecule has 1 N–H and O–H groups in total. The van der Waals surface area contributed by atoms with Gasteiger partial charge in [-0.05, 0) is 23.8 Å². The van der Waals surface area contributed by atoms with Crippen LogP contribution in [0.25, 0.3) is 0 Å². The Bertz CT molecular complexity index is 598. The molecule has 0 fully saturated rings. The van der Waals surface area contributed by atoms with E-state index >= 15 is 0 Å². The third-order valence-electron chi connectivity index (χ3n) is 3.49. The van der Waals surface area contributed by atoms with Crippen molar-refractivity contribution in [1.82, 2.24) is 5.32 Å². The number of halogens is 2. The number of para-hydroxylation sites is 1. The number of hydrogen-bond acceptors (Lipinski definition) is 2. The van der Waals surface area contributed by atoms with Crippen molar-refractivity contribution in [2.24, 2.45) is 0 Å². The average Bonchev–Trinajstić information content (AvgIpc) is 2.47. The normalized spacial score (nSPS) is 17.4. The molecule has 0 aliphatic carbocycles. The van der Waals surface area contributed by atoms with Gasteiger partial charge in [0.2, 0.25) is 0 Å². The summed E-state index contributed by atoms with van der Waals surface area (Å²) >= 11 is 0. The van der Waals surface area contributed by atoms with Crippen molar-refractivity contribution < 1.29 is 13.5 Å². The summed E-state index contributed by atoms with van der Waals surface area (Å²) < 4.78 is 31.9. The summed E-state index contributed by atoms with van der Waals surface area (Å²) in [5.41, 5.74) is 1.84. The minimum absolute atomic E-state index is 0.0551. The third kappa shape index (κ3) is 2.65. The van der Waals surface area contributed by atoms with Crippen molar-refractivity contribution in [1.29, 1.82) is 0 Å². The molecule has 1 atom stereocenters. The number of nitrogens with one attached hydrogen (secondary N) is 1. The van der Waals surface area contributed by atoms with Gasteiger partial charge in [0.25, 0.3) is 0 Å². The van der Waals surface area contributed by atoms with E-state index in [-0.39, 0.29) is 17.7 Å². The Kier molecular flexibility index (Phi) is 3.65. The lowest BCUT2D eigenvalue weighted by Gasteiger charge is -2.27. The van der Waals surface area contributed by atoms with Gasteiger partial charge in [-0.15, -0.1) is 0 Å². The van der Waals surface area contributed by atoms with Gasteiger partial charge < -0.3 is 10.1 Å². The molecule has 0 amide bonds. The molecule has 4 heteroatoms. The predicted octanol–water partition coefficient (Wildman–Crippen LogP) is 3.58. The van der Waals surface area contributed by atoms with Crippen molar-refractivity contribution in [3.8, 4) is 5.75 Å². The van der Waals surface area contributed by atoms with Crippen LogP contribution in [0.15, 0.2) is 42.5 Å². The van der Waals surface area contributed by atoms with E-state index in [0.717, 1.165) is 17.5 Å². The quantitative estimate of drug-likeness (QED) is 0.924. The predicted molar refractivity (Wildman–Crippen MR) is 72.5 cm³/mol. The number of benzene rings is 2. The van der Waals surface area contributed by atoms with E-state index in [0.29, 0.717) is 18.9 Å². The molecule has 0 saturated heterocycles. The molecule has 0 spiro atoms. The Labute approximate surface area is 116 Å². The fourth-order valence-electron chi connectivity index (χ4n) is 2.44. The van der Waals surface area contributed by atoms with Crippen LogP contribution in [0.4, 0.5) is 8.78 Å². The van der Waals surface area contributed by atoms with Crippen LogP contribution >= 0.6 is 0 Å². The molecule has 2 aromatic carbocycles. The molecule has 3 rings (SSSR count). The first-order valence-corrected chi connectivity index (χ1v) is 6.63. The van der Waals surface area contributed by atoms with Gasteiger partial charge in [0.15, 0.2) is 11.6 Å². The minimum Gasteiger partial charge on any atom is -0.490 e. The number of ether oxygens (including phenoxy) is 1. The van der Waals surface area contributed by atoms with Crippen molar-refractivity contribution in [2.45, 2.75) is 19.0 Å². The summed E-state index contributed by atoms with van der Waals surface area (Å²) in [6, 6.07) is 11.4. The van der Waals surface area contributed by atoms with E-state index in [2.05, 4.69) is 5.32 Å². The van der Waals surface area contributed by atoms with E-state index in [1.807, 2.05) is 6.07 Å². The Morgan fingerprint density at radius 2 is 1.90 bits per heavy atom. The van der Waals surface area contributed by atoms with Crippen LogP contribution in [0.1, 0.15) is 23.6 Å². The van der Waals surface area contributed by atoms with Gasteiger partial charge >= 0.3 is 0 Å². The van der Waals surface area contributed by atoms with Crippen LogP contribution in [0.2, 0.25) is 0 Å². The first kappa shape index (κ1) is 13.1. The van der Waals surface area contributed by atoms with Gasteiger partial charge in [0.05, 0.1) is 6.61 Å². The lowest BCUT2D eigenvalue weighted by molar-refractivity contribution is 0.240. The maximum Gasteiger partial charge on any atom is 0.165 e. The number of rotatable bonds is 3. The van der Waals surface area contributed by atoms with E-state index in [4.69, 9.17) is 4.74 Å². The second-order valence-electron chi connectivity index (χ2n) is 4.86. The first-order valence-electron chi connectivity index (χ1n) is 6.63. The zero-order valence-corrected chi connectivity index (χ0v) is 10.9. The number of hydrogen-bond donors (Lipinski definition) is 1. The second-order valence-corrected chi connectivity index (χ2v) is 4.86. The summed E-state index contributed by atoms with van der Waals surface area (Å²) in [5.74, 6) is -0.224. The lowest BCUT2D eigenvalue weighted by Crippen LogP contribution is -2.27. The molecule has 20 heavy (non-hydrogen) atoms. The van der Waals surface area contributed by atoms with Crippen LogP contribution < -0.4 is 10.1 Å². The Hall–Kier alpha value is -1.94. The highest BCUT2D eigenvalue weighted by Gasteiger charge is 2.23. The molecule has 1 unspecified atom stereocenters. The van der Waals surface area contributed by atoms with Gasteiger partial charge in [-0.2, -0.15) is 0 Å². The Balaban J connectivity index is 1.73. The molecular weight excluding hydrogens is 260 g/mol. The van der Waals surface area contributed by atoms with Gasteiger partial charge in [0, 0.05) is 24.6 Å². The molecule has 1 aliphatic heterocycles. The molecular formula is C16H15F2NO. The van der Waals surface area contributed by atoms with Crippen LogP contribution in [0.3, 0.4) is 0 Å². The average molecular weight is 275 g/mol. The molecule has 1 heterocycles. The zero-order valence-electron chi connectivity index (χ0n) is 10.9. The summed E-state index contributed by atoms with van der Waals surface area (Å²) in [4.78, 5) is 0. The summed E-state index contributed by atoms with van der Waals surface area (Å²) in [6.45, 7) is 1.11. The fraction of sp³-hybridized carbons (Fsp3) is 0.250. The highest BCUT2D eigenvalue weighted by Crippen LogP contribution is 2.34. The summed E-state index contributed by atoms with van der Waals surface area (Å²) in [6.07, 6.45) is 0.789. The van der Waals surface area contributed by atoms with Crippen LogP contribution in [0, 0.1) is 11.6 Å². The Morgan fingerprint density at radius 1 is 1.10 bits per heavy atom. The molecule has 2 aromatic rings. The van der Waals surface area contributed by atoms with Crippen molar-refractivity contribution in [3.05, 3.63) is 65.2 Å². The smallest absolute Gasteiger partial charge is 0.165 e. The summed E-state index contributed by atoms with van der Waals surface area (Å²) in [7, 11) is 0. The van der Waals surface area contributed by atoms with Crippen LogP contribution in [0.5, 0.6) is 5.75 Å². The molecule has 0 bridgehead atoms. The van der Waals surface area contributed by atoms with Crippen LogP contribution in [-0.4, -0.2) is 6.61 Å². The molecule has 0 aromatic heterocycles. The van der Waals surface area contributed by atoms with E-state index < -0.39 is 0 Å². The van der Waals surface area contributed by atoms with Crippen molar-refractivity contribution in [2.75, 3.05) is 6.61 Å². The molecule has 2 nitrogen and oxygen atoms in total. The maximum absolute atomic E-state index is 13.7. The van der Waals surface area contributed by atoms with Gasteiger partial charge in [-0.3, -0.25) is 0 Å². The molecule has 0 saturated carbocycles. The number of fused-ring (bicyclic) bond motifs is 1. The topological polar surface area (TPSA) is 21.3 Å². The van der Waals surface area contributed by atoms with E-state index in [1.165, 1.54) is 18.2 Å². The minimum atomic E-state index is -0.323. The third-order valence-corrected chi connectivity index (χ3v) is 3.49. The van der Waals surface area contributed by atoms with Crippen LogP contribution in [-0.2, 0) is 6.54 Å². The largest absolute Gasteiger partial charge is 0.490 e. The zero-order chi connectivity index (χ0) is 13.9. The highest BCUT2D eigenvalue weighted by molar-refractivity contribution is 5.38. The van der Waals surface area contributed by atoms with E-state index in [9.17, 15) is 8.78 Å². The Morgan fingerprint density at radius 3 is 2.70 bits per heavy atom. The lowest BCUT2D eigenvalue weighted by atomic mass is 10.00. The molecule has 0 radical (unpaired) electrons. The SMILES string of the molecule is Fc1ccc(CNC2CCOc3c(F)cccc32)cc1. The first-order chi connectivity index (χ1) is 9.74. The second kappa shape index (κ2) is 5.59. The van der Waals surface area contributed by atoms with Crippen molar-refractivity contribution in [3.63, 3.8) is 0 Å². The monoisotopic (exact) mass is 275 g/mol. The highest BCUT2D eigenvalue weighted by atomic mass is 19.1. The molecule has 1 aliphatic rings. The fourth-order valence-corrected chi connectivity index (χ4v) is 2.44. The van der Waals surface area contributed by atoms with E-state index in [1.54, 1.807) is 18.2 Å². The molecule has 104 valence electrons. The van der Waals surface area contributed by atoms with Crippen molar-refractivity contribution >= 4 is 0 Å².